The molecule has 0 saturated carbocycles. The van der Waals surface area contributed by atoms with Crippen molar-refractivity contribution in [1.82, 2.24) is 0 Å². The fourth-order valence-corrected chi connectivity index (χ4v) is 3.24. The minimum Gasteiger partial charge on any atom is -0.462 e. The number of rotatable bonds is 2. The lowest BCUT2D eigenvalue weighted by Crippen LogP contribution is -2.09. The molecule has 1 rings (SSSR count). The fourth-order valence-electron chi connectivity index (χ4n) is 1.04. The molecule has 0 aliphatic heterocycles. The van der Waals surface area contributed by atoms with E-state index in [1.54, 1.807) is 19.1 Å². The van der Waals surface area contributed by atoms with E-state index >= 15 is 0 Å². The predicted molar refractivity (Wildman–Crippen MR) is 72.5 cm³/mol. The molecule has 1 aromatic rings. The Hall–Kier alpha value is -0.360. The molecular weight excluding hydrogens is 420 g/mol. The van der Waals surface area contributed by atoms with Crippen molar-refractivity contribution >= 4 is 51.2 Å². The van der Waals surface area contributed by atoms with Crippen molar-refractivity contribution in [3.63, 3.8) is 0 Å². The molecule has 0 radical (unpaired) electrons. The SMILES string of the molecule is CCOC(=O)c1c(I)cc(C#N)cc1I. The van der Waals surface area contributed by atoms with Gasteiger partial charge in [0.25, 0.3) is 0 Å². The molecule has 0 amide bonds. The van der Waals surface area contributed by atoms with Crippen molar-refractivity contribution in [2.24, 2.45) is 0 Å². The molecule has 78 valence electrons. The molecule has 0 spiro atoms. The zero-order chi connectivity index (χ0) is 11.4. The van der Waals surface area contributed by atoms with Crippen LogP contribution in [0.3, 0.4) is 0 Å². The number of benzene rings is 1. The van der Waals surface area contributed by atoms with Gasteiger partial charge < -0.3 is 4.74 Å². The quantitative estimate of drug-likeness (QED) is 0.539. The number of nitrogens with zero attached hydrogens (tertiary/aromatic N) is 1. The average molecular weight is 427 g/mol. The van der Waals surface area contributed by atoms with Crippen LogP contribution in [-0.4, -0.2) is 12.6 Å². The Balaban J connectivity index is 3.21. The summed E-state index contributed by atoms with van der Waals surface area (Å²) in [6.45, 7) is 2.12. The third-order valence-electron chi connectivity index (χ3n) is 1.65. The first-order chi connectivity index (χ1) is 7.10. The van der Waals surface area contributed by atoms with Crippen LogP contribution in [0.5, 0.6) is 0 Å². The highest BCUT2D eigenvalue weighted by Gasteiger charge is 2.16. The van der Waals surface area contributed by atoms with Gasteiger partial charge in [0.15, 0.2) is 0 Å². The minimum absolute atomic E-state index is 0.337. The molecule has 0 aliphatic carbocycles. The predicted octanol–water partition coefficient (Wildman–Crippen LogP) is 2.94. The highest BCUT2D eigenvalue weighted by Crippen LogP contribution is 2.22. The van der Waals surface area contributed by atoms with E-state index in [1.165, 1.54) is 0 Å². The third kappa shape index (κ3) is 3.04. The number of hydrogen-bond donors (Lipinski definition) is 0. The van der Waals surface area contributed by atoms with Crippen LogP contribution in [0.4, 0.5) is 0 Å². The lowest BCUT2D eigenvalue weighted by atomic mass is 10.1. The van der Waals surface area contributed by atoms with Gasteiger partial charge in [0.05, 0.1) is 23.8 Å². The molecule has 0 fully saturated rings. The van der Waals surface area contributed by atoms with E-state index in [2.05, 4.69) is 0 Å². The van der Waals surface area contributed by atoms with E-state index in [0.29, 0.717) is 17.7 Å². The number of carbonyl (C=O) groups excluding carboxylic acids is 1. The number of hydrogen-bond acceptors (Lipinski definition) is 3. The third-order valence-corrected chi connectivity index (χ3v) is 3.35. The number of esters is 1. The van der Waals surface area contributed by atoms with Crippen LogP contribution >= 0.6 is 45.2 Å². The lowest BCUT2D eigenvalue weighted by molar-refractivity contribution is 0.0524. The van der Waals surface area contributed by atoms with Gasteiger partial charge in [-0.15, -0.1) is 0 Å². The molecule has 0 unspecified atom stereocenters. The summed E-state index contributed by atoms with van der Waals surface area (Å²) in [5.74, 6) is -0.337. The van der Waals surface area contributed by atoms with Crippen molar-refractivity contribution in [3.8, 4) is 6.07 Å². The molecule has 15 heavy (non-hydrogen) atoms. The highest BCUT2D eigenvalue weighted by atomic mass is 127. The monoisotopic (exact) mass is 427 g/mol. The number of carbonyl (C=O) groups is 1. The van der Waals surface area contributed by atoms with Gasteiger partial charge in [-0.1, -0.05) is 0 Å². The second kappa shape index (κ2) is 5.65. The van der Waals surface area contributed by atoms with Crippen molar-refractivity contribution in [3.05, 3.63) is 30.4 Å². The van der Waals surface area contributed by atoms with Crippen LogP contribution in [0.25, 0.3) is 0 Å². The van der Waals surface area contributed by atoms with Crippen LogP contribution in [0.1, 0.15) is 22.8 Å². The zero-order valence-electron chi connectivity index (χ0n) is 7.88. The molecule has 0 atom stereocenters. The summed E-state index contributed by atoms with van der Waals surface area (Å²) in [5.41, 5.74) is 1.09. The van der Waals surface area contributed by atoms with Gasteiger partial charge in [0, 0.05) is 7.14 Å². The molecule has 0 saturated heterocycles. The Kier molecular flexibility index (Phi) is 4.79. The maximum absolute atomic E-state index is 11.6. The molecule has 5 heteroatoms. The summed E-state index contributed by atoms with van der Waals surface area (Å²) in [4.78, 5) is 11.6. The largest absolute Gasteiger partial charge is 0.462 e. The summed E-state index contributed by atoms with van der Waals surface area (Å²) >= 11 is 4.07. The first kappa shape index (κ1) is 12.7. The van der Waals surface area contributed by atoms with E-state index < -0.39 is 0 Å². The van der Waals surface area contributed by atoms with Crippen molar-refractivity contribution in [1.29, 1.82) is 5.26 Å². The number of halogens is 2. The Morgan fingerprint density at radius 2 is 2.00 bits per heavy atom. The van der Waals surface area contributed by atoms with Crippen LogP contribution in [0.2, 0.25) is 0 Å². The van der Waals surface area contributed by atoms with Gasteiger partial charge >= 0.3 is 5.97 Å². The molecule has 0 aliphatic rings. The first-order valence-electron chi connectivity index (χ1n) is 4.16. The summed E-state index contributed by atoms with van der Waals surface area (Å²) in [7, 11) is 0. The highest BCUT2D eigenvalue weighted by molar-refractivity contribution is 14.1. The van der Waals surface area contributed by atoms with Crippen LogP contribution < -0.4 is 0 Å². The van der Waals surface area contributed by atoms with E-state index in [9.17, 15) is 4.79 Å². The molecule has 1 aromatic carbocycles. The number of ether oxygens (including phenoxy) is 1. The molecule has 3 nitrogen and oxygen atoms in total. The van der Waals surface area contributed by atoms with Gasteiger partial charge in [0.2, 0.25) is 0 Å². The van der Waals surface area contributed by atoms with E-state index in [1.807, 2.05) is 51.3 Å². The summed E-state index contributed by atoms with van der Waals surface area (Å²) < 4.78 is 6.42. The fraction of sp³-hybridized carbons (Fsp3) is 0.200. The second-order valence-electron chi connectivity index (χ2n) is 2.65. The maximum Gasteiger partial charge on any atom is 0.340 e. The van der Waals surface area contributed by atoms with E-state index in [-0.39, 0.29) is 5.97 Å². The average Bonchev–Trinajstić information content (AvgIpc) is 2.16. The van der Waals surface area contributed by atoms with E-state index in [0.717, 1.165) is 7.14 Å². The van der Waals surface area contributed by atoms with Crippen LogP contribution in [0, 0.1) is 18.5 Å². The van der Waals surface area contributed by atoms with Crippen molar-refractivity contribution in [2.45, 2.75) is 6.92 Å². The van der Waals surface area contributed by atoms with Gasteiger partial charge in [-0.05, 0) is 64.2 Å². The zero-order valence-corrected chi connectivity index (χ0v) is 12.2. The molecule has 0 heterocycles. The Morgan fingerprint density at radius 1 is 1.47 bits per heavy atom. The van der Waals surface area contributed by atoms with E-state index in [4.69, 9.17) is 10.00 Å². The molecule has 0 bridgehead atoms. The van der Waals surface area contributed by atoms with Crippen molar-refractivity contribution < 1.29 is 9.53 Å². The van der Waals surface area contributed by atoms with Gasteiger partial charge in [-0.25, -0.2) is 4.79 Å². The standard InChI is InChI=1S/C10H7I2NO2/c1-2-15-10(14)9-7(11)3-6(5-13)4-8(9)12/h3-4H,2H2,1H3. The summed E-state index contributed by atoms with van der Waals surface area (Å²) in [5, 5.41) is 8.75. The second-order valence-corrected chi connectivity index (χ2v) is 4.97. The van der Waals surface area contributed by atoms with Gasteiger partial charge in [-0.3, -0.25) is 0 Å². The Labute approximate surface area is 115 Å². The summed E-state index contributed by atoms with van der Waals surface area (Å²) in [6, 6.07) is 5.40. The minimum atomic E-state index is -0.337. The maximum atomic E-state index is 11.6. The normalized spacial score (nSPS) is 9.47. The molecule has 0 aromatic heterocycles. The van der Waals surface area contributed by atoms with Crippen LogP contribution in [0.15, 0.2) is 12.1 Å². The van der Waals surface area contributed by atoms with Gasteiger partial charge in [-0.2, -0.15) is 5.26 Å². The smallest absolute Gasteiger partial charge is 0.340 e. The van der Waals surface area contributed by atoms with Gasteiger partial charge in [0.1, 0.15) is 0 Å². The Bertz CT molecular complexity index is 415. The molecule has 0 N–H and O–H groups in total. The summed E-state index contributed by atoms with van der Waals surface area (Å²) in [6.07, 6.45) is 0. The number of nitriles is 1. The Morgan fingerprint density at radius 3 is 2.40 bits per heavy atom. The van der Waals surface area contributed by atoms with Crippen LogP contribution in [-0.2, 0) is 4.74 Å². The molecular formula is C10H7I2NO2. The lowest BCUT2D eigenvalue weighted by Gasteiger charge is -2.06. The topological polar surface area (TPSA) is 50.1 Å². The first-order valence-corrected chi connectivity index (χ1v) is 6.32. The van der Waals surface area contributed by atoms with Crippen molar-refractivity contribution in [2.75, 3.05) is 6.61 Å².